The number of nitrogens with zero attached hydrogens (tertiary/aromatic N) is 1. The third-order valence-corrected chi connectivity index (χ3v) is 4.85. The molecule has 0 heterocycles. The van der Waals surface area contributed by atoms with Crippen LogP contribution in [0.25, 0.3) is 10.8 Å². The largest absolute Gasteiger partial charge is 0.493 e. The molecule has 0 spiro atoms. The van der Waals surface area contributed by atoms with E-state index in [4.69, 9.17) is 14.6 Å². The third-order valence-electron chi connectivity index (χ3n) is 4.85. The molecule has 0 saturated heterocycles. The second-order valence-corrected chi connectivity index (χ2v) is 6.99. The Bertz CT molecular complexity index is 1260. The van der Waals surface area contributed by atoms with Gasteiger partial charge < -0.3 is 14.6 Å². The highest BCUT2D eigenvalue weighted by molar-refractivity contribution is 5.88. The highest BCUT2D eigenvalue weighted by Crippen LogP contribution is 2.29. The van der Waals surface area contributed by atoms with Crippen molar-refractivity contribution in [3.63, 3.8) is 0 Å². The van der Waals surface area contributed by atoms with Gasteiger partial charge in [-0.15, -0.1) is 0 Å². The van der Waals surface area contributed by atoms with E-state index in [0.29, 0.717) is 11.5 Å². The molecule has 31 heavy (non-hydrogen) atoms. The summed E-state index contributed by atoms with van der Waals surface area (Å²) in [5.41, 5.74) is 2.75. The summed E-state index contributed by atoms with van der Waals surface area (Å²) in [6.45, 7) is 0.238. The first-order chi connectivity index (χ1) is 15.1. The minimum absolute atomic E-state index is 0.230. The summed E-state index contributed by atoms with van der Waals surface area (Å²) in [5, 5.41) is 11.4. The Kier molecular flexibility index (Phi) is 5.94. The summed E-state index contributed by atoms with van der Waals surface area (Å²) in [7, 11) is 1.58. The van der Waals surface area contributed by atoms with Crippen molar-refractivity contribution in [3.8, 4) is 11.5 Å². The first-order valence-electron chi connectivity index (χ1n) is 9.78. The van der Waals surface area contributed by atoms with Crippen molar-refractivity contribution in [1.29, 1.82) is 0 Å². The van der Waals surface area contributed by atoms with Crippen molar-refractivity contribution in [1.82, 2.24) is 0 Å². The maximum Gasteiger partial charge on any atom is 0.335 e. The summed E-state index contributed by atoms with van der Waals surface area (Å²) in [5.74, 6) is 0.192. The number of aliphatic imine (C=N–C) groups is 1. The molecule has 0 aliphatic carbocycles. The topological polar surface area (TPSA) is 68.1 Å². The minimum atomic E-state index is -0.963. The van der Waals surface area contributed by atoms with E-state index in [2.05, 4.69) is 23.2 Å². The van der Waals surface area contributed by atoms with Gasteiger partial charge in [0.05, 0.1) is 18.4 Å². The van der Waals surface area contributed by atoms with E-state index in [-0.39, 0.29) is 12.2 Å². The van der Waals surface area contributed by atoms with E-state index in [1.165, 1.54) is 5.39 Å². The lowest BCUT2D eigenvalue weighted by molar-refractivity contribution is 0.0696. The predicted molar refractivity (Wildman–Crippen MR) is 122 cm³/mol. The fourth-order valence-corrected chi connectivity index (χ4v) is 3.25. The minimum Gasteiger partial charge on any atom is -0.493 e. The molecule has 0 amide bonds. The van der Waals surface area contributed by atoms with Gasteiger partial charge in [-0.3, -0.25) is 4.99 Å². The molecule has 4 aromatic rings. The van der Waals surface area contributed by atoms with Crippen molar-refractivity contribution in [3.05, 3.63) is 102 Å². The Hall–Kier alpha value is -4.12. The lowest BCUT2D eigenvalue weighted by Crippen LogP contribution is -2.01. The van der Waals surface area contributed by atoms with Crippen LogP contribution in [0.2, 0.25) is 0 Å². The number of fused-ring (bicyclic) bond motifs is 1. The zero-order chi connectivity index (χ0) is 21.6. The van der Waals surface area contributed by atoms with Crippen LogP contribution in [0.5, 0.6) is 11.5 Å². The van der Waals surface area contributed by atoms with Gasteiger partial charge in [-0.05, 0) is 64.4 Å². The molecular weight excluding hydrogens is 390 g/mol. The number of hydrogen-bond acceptors (Lipinski definition) is 4. The predicted octanol–water partition coefficient (Wildman–Crippen LogP) is 5.88. The standard InChI is InChI=1S/C26H21NO4/c1-30-25-14-18(16-27-23-11-10-20-6-2-3-7-21(20)15-23)9-12-24(25)31-17-19-5-4-8-22(13-19)26(28)29/h2-16H,17H2,1H3,(H,28,29). The Morgan fingerprint density at radius 2 is 1.74 bits per heavy atom. The normalized spacial score (nSPS) is 11.0. The number of carboxylic acids is 1. The van der Waals surface area contributed by atoms with Gasteiger partial charge in [0.2, 0.25) is 0 Å². The third kappa shape index (κ3) is 4.90. The van der Waals surface area contributed by atoms with Gasteiger partial charge in [0.1, 0.15) is 6.61 Å². The summed E-state index contributed by atoms with van der Waals surface area (Å²) in [4.78, 5) is 15.7. The van der Waals surface area contributed by atoms with Crippen LogP contribution in [0.1, 0.15) is 21.5 Å². The molecule has 0 aliphatic rings. The van der Waals surface area contributed by atoms with Gasteiger partial charge >= 0.3 is 5.97 Å². The number of ether oxygens (including phenoxy) is 2. The van der Waals surface area contributed by atoms with Crippen LogP contribution in [-0.4, -0.2) is 24.4 Å². The monoisotopic (exact) mass is 411 g/mol. The van der Waals surface area contributed by atoms with Gasteiger partial charge in [0.25, 0.3) is 0 Å². The van der Waals surface area contributed by atoms with E-state index < -0.39 is 5.97 Å². The molecule has 0 radical (unpaired) electrons. The van der Waals surface area contributed by atoms with Gasteiger partial charge in [0, 0.05) is 6.21 Å². The van der Waals surface area contributed by atoms with E-state index in [1.807, 2.05) is 48.5 Å². The maximum absolute atomic E-state index is 11.1. The Morgan fingerprint density at radius 1 is 0.903 bits per heavy atom. The Balaban J connectivity index is 1.48. The van der Waals surface area contributed by atoms with E-state index >= 15 is 0 Å². The first-order valence-corrected chi connectivity index (χ1v) is 9.78. The fourth-order valence-electron chi connectivity index (χ4n) is 3.25. The van der Waals surface area contributed by atoms with Gasteiger partial charge in [-0.25, -0.2) is 4.79 Å². The van der Waals surface area contributed by atoms with Crippen molar-refractivity contribution < 1.29 is 19.4 Å². The summed E-state index contributed by atoms with van der Waals surface area (Å²) >= 11 is 0. The second kappa shape index (κ2) is 9.13. The molecule has 4 rings (SSSR count). The van der Waals surface area contributed by atoms with Crippen molar-refractivity contribution in [2.24, 2.45) is 4.99 Å². The molecule has 0 atom stereocenters. The molecule has 0 saturated carbocycles. The van der Waals surface area contributed by atoms with Gasteiger partial charge in [-0.2, -0.15) is 0 Å². The number of aromatic carboxylic acids is 1. The maximum atomic E-state index is 11.1. The zero-order valence-electron chi connectivity index (χ0n) is 17.0. The Labute approximate surface area is 180 Å². The highest BCUT2D eigenvalue weighted by atomic mass is 16.5. The molecule has 154 valence electrons. The van der Waals surface area contributed by atoms with Crippen LogP contribution in [0, 0.1) is 0 Å². The van der Waals surface area contributed by atoms with Crippen LogP contribution >= 0.6 is 0 Å². The summed E-state index contributed by atoms with van der Waals surface area (Å²) in [6.07, 6.45) is 1.78. The fraction of sp³-hybridized carbons (Fsp3) is 0.0769. The smallest absolute Gasteiger partial charge is 0.335 e. The van der Waals surface area contributed by atoms with Crippen LogP contribution in [0.4, 0.5) is 5.69 Å². The lowest BCUT2D eigenvalue weighted by atomic mass is 10.1. The van der Waals surface area contributed by atoms with Crippen molar-refractivity contribution in [2.75, 3.05) is 7.11 Å². The van der Waals surface area contributed by atoms with Crippen molar-refractivity contribution >= 4 is 28.6 Å². The molecule has 5 nitrogen and oxygen atoms in total. The average molecular weight is 411 g/mol. The Morgan fingerprint density at radius 3 is 2.55 bits per heavy atom. The highest BCUT2D eigenvalue weighted by Gasteiger charge is 2.08. The number of hydrogen-bond donors (Lipinski definition) is 1. The van der Waals surface area contributed by atoms with E-state index in [9.17, 15) is 4.79 Å². The number of carboxylic acid groups (broad SMARTS) is 1. The number of benzene rings is 4. The van der Waals surface area contributed by atoms with Gasteiger partial charge in [-0.1, -0.05) is 42.5 Å². The molecule has 4 aromatic carbocycles. The lowest BCUT2D eigenvalue weighted by Gasteiger charge is -2.11. The molecule has 1 N–H and O–H groups in total. The summed E-state index contributed by atoms with van der Waals surface area (Å²) in [6, 6.07) is 26.5. The molecular formula is C26H21NO4. The molecule has 0 aromatic heterocycles. The van der Waals surface area contributed by atoms with E-state index in [1.54, 1.807) is 31.5 Å². The molecule has 0 fully saturated rings. The van der Waals surface area contributed by atoms with Crippen LogP contribution in [-0.2, 0) is 6.61 Å². The number of rotatable bonds is 7. The molecule has 0 unspecified atom stereocenters. The van der Waals surface area contributed by atoms with E-state index in [0.717, 1.165) is 22.2 Å². The molecule has 0 aliphatic heterocycles. The van der Waals surface area contributed by atoms with Crippen LogP contribution < -0.4 is 9.47 Å². The quantitative estimate of drug-likeness (QED) is 0.386. The van der Waals surface area contributed by atoms with Crippen molar-refractivity contribution in [2.45, 2.75) is 6.61 Å². The average Bonchev–Trinajstić information content (AvgIpc) is 2.81. The number of carbonyl (C=O) groups is 1. The number of methoxy groups -OCH3 is 1. The van der Waals surface area contributed by atoms with Crippen LogP contribution in [0.15, 0.2) is 89.9 Å². The zero-order valence-corrected chi connectivity index (χ0v) is 17.0. The molecule has 5 heteroatoms. The van der Waals surface area contributed by atoms with Gasteiger partial charge in [0.15, 0.2) is 11.5 Å². The second-order valence-electron chi connectivity index (χ2n) is 6.99. The van der Waals surface area contributed by atoms with Crippen LogP contribution in [0.3, 0.4) is 0 Å². The molecule has 0 bridgehead atoms. The SMILES string of the molecule is COc1cc(C=Nc2ccc3ccccc3c2)ccc1OCc1cccc(C(=O)O)c1. The first kappa shape index (κ1) is 20.2. The summed E-state index contributed by atoms with van der Waals surface area (Å²) < 4.78 is 11.3.